The summed E-state index contributed by atoms with van der Waals surface area (Å²) in [7, 11) is 2.00. The van der Waals surface area contributed by atoms with E-state index in [4.69, 9.17) is 0 Å². The normalized spacial score (nSPS) is 12.7. The summed E-state index contributed by atoms with van der Waals surface area (Å²) in [5, 5.41) is 7.90. The SMILES string of the molecule is CNCC(C)Cc1c(C)nn(-c2cc(C)ccn2)c1C. The molecule has 0 amide bonds. The van der Waals surface area contributed by atoms with Crippen molar-refractivity contribution in [3.8, 4) is 5.82 Å². The molecule has 0 saturated carbocycles. The number of aryl methyl sites for hydroxylation is 2. The first-order valence-corrected chi connectivity index (χ1v) is 7.15. The average molecular weight is 272 g/mol. The molecule has 4 nitrogen and oxygen atoms in total. The van der Waals surface area contributed by atoms with Crippen LogP contribution in [0.2, 0.25) is 0 Å². The molecular formula is C16H24N4. The molecule has 0 saturated heterocycles. The molecule has 20 heavy (non-hydrogen) atoms. The second-order valence-electron chi connectivity index (χ2n) is 5.62. The molecule has 1 atom stereocenters. The van der Waals surface area contributed by atoms with Crippen LogP contribution in [0.5, 0.6) is 0 Å². The molecule has 2 aromatic rings. The van der Waals surface area contributed by atoms with Crippen molar-refractivity contribution in [1.82, 2.24) is 20.1 Å². The first-order chi connectivity index (χ1) is 9.52. The molecule has 0 radical (unpaired) electrons. The Hall–Kier alpha value is -1.68. The van der Waals surface area contributed by atoms with Gasteiger partial charge < -0.3 is 5.32 Å². The van der Waals surface area contributed by atoms with Gasteiger partial charge in [-0.3, -0.25) is 0 Å². The Balaban J connectivity index is 2.33. The van der Waals surface area contributed by atoms with Crippen LogP contribution in [0.15, 0.2) is 18.3 Å². The summed E-state index contributed by atoms with van der Waals surface area (Å²) in [4.78, 5) is 4.43. The highest BCUT2D eigenvalue weighted by molar-refractivity contribution is 5.34. The predicted molar refractivity (Wildman–Crippen MR) is 82.4 cm³/mol. The van der Waals surface area contributed by atoms with Crippen molar-refractivity contribution in [3.63, 3.8) is 0 Å². The third-order valence-corrected chi connectivity index (χ3v) is 3.66. The fourth-order valence-electron chi connectivity index (χ4n) is 2.60. The fraction of sp³-hybridized carbons (Fsp3) is 0.500. The van der Waals surface area contributed by atoms with Gasteiger partial charge in [-0.05, 0) is 70.0 Å². The molecule has 1 unspecified atom stereocenters. The molecule has 108 valence electrons. The van der Waals surface area contributed by atoms with Crippen molar-refractivity contribution in [1.29, 1.82) is 0 Å². The number of pyridine rings is 1. The van der Waals surface area contributed by atoms with E-state index in [9.17, 15) is 0 Å². The highest BCUT2D eigenvalue weighted by Gasteiger charge is 2.15. The van der Waals surface area contributed by atoms with E-state index in [1.165, 1.54) is 16.8 Å². The number of rotatable bonds is 5. The molecule has 0 aromatic carbocycles. The highest BCUT2D eigenvalue weighted by atomic mass is 15.3. The van der Waals surface area contributed by atoms with Gasteiger partial charge in [-0.15, -0.1) is 0 Å². The molecular weight excluding hydrogens is 248 g/mol. The van der Waals surface area contributed by atoms with Gasteiger partial charge in [0.05, 0.1) is 5.69 Å². The van der Waals surface area contributed by atoms with E-state index in [0.717, 1.165) is 24.5 Å². The largest absolute Gasteiger partial charge is 0.319 e. The maximum atomic E-state index is 4.67. The average Bonchev–Trinajstić information content (AvgIpc) is 2.67. The summed E-state index contributed by atoms with van der Waals surface area (Å²) in [5.74, 6) is 1.50. The second-order valence-corrected chi connectivity index (χ2v) is 5.62. The van der Waals surface area contributed by atoms with Crippen LogP contribution in [0.1, 0.15) is 29.4 Å². The molecule has 2 rings (SSSR count). The Kier molecular flexibility index (Phi) is 4.55. The zero-order valence-corrected chi connectivity index (χ0v) is 13.1. The molecule has 0 bridgehead atoms. The molecule has 0 aliphatic carbocycles. The Morgan fingerprint density at radius 2 is 2.05 bits per heavy atom. The van der Waals surface area contributed by atoms with Crippen molar-refractivity contribution in [3.05, 3.63) is 40.8 Å². The van der Waals surface area contributed by atoms with Crippen LogP contribution in [0.25, 0.3) is 5.82 Å². The maximum Gasteiger partial charge on any atom is 0.153 e. The molecule has 0 aliphatic rings. The maximum absolute atomic E-state index is 4.67. The van der Waals surface area contributed by atoms with Gasteiger partial charge >= 0.3 is 0 Å². The molecule has 2 heterocycles. The van der Waals surface area contributed by atoms with E-state index in [-0.39, 0.29) is 0 Å². The molecule has 0 fully saturated rings. The van der Waals surface area contributed by atoms with E-state index in [2.05, 4.69) is 49.2 Å². The third-order valence-electron chi connectivity index (χ3n) is 3.66. The number of aromatic nitrogens is 3. The molecule has 4 heteroatoms. The van der Waals surface area contributed by atoms with E-state index < -0.39 is 0 Å². The molecule has 0 spiro atoms. The molecule has 0 aliphatic heterocycles. The van der Waals surface area contributed by atoms with Gasteiger partial charge in [-0.2, -0.15) is 5.10 Å². The van der Waals surface area contributed by atoms with Crippen LogP contribution >= 0.6 is 0 Å². The third kappa shape index (κ3) is 3.07. The standard InChI is InChI=1S/C16H24N4/c1-11-6-7-18-16(9-11)20-14(4)15(13(3)19-20)8-12(2)10-17-5/h6-7,9,12,17H,8,10H2,1-5H3. The van der Waals surface area contributed by atoms with Crippen LogP contribution < -0.4 is 5.32 Å². The van der Waals surface area contributed by atoms with E-state index in [1.54, 1.807) is 0 Å². The van der Waals surface area contributed by atoms with Crippen molar-refractivity contribution in [2.75, 3.05) is 13.6 Å². The minimum atomic E-state index is 0.598. The van der Waals surface area contributed by atoms with E-state index >= 15 is 0 Å². The monoisotopic (exact) mass is 272 g/mol. The lowest BCUT2D eigenvalue weighted by Gasteiger charge is -2.11. The lowest BCUT2D eigenvalue weighted by molar-refractivity contribution is 0.539. The second kappa shape index (κ2) is 6.18. The number of hydrogen-bond acceptors (Lipinski definition) is 3. The topological polar surface area (TPSA) is 42.7 Å². The lowest BCUT2D eigenvalue weighted by Crippen LogP contribution is -2.18. The summed E-state index contributed by atoms with van der Waals surface area (Å²) in [6.07, 6.45) is 2.88. The van der Waals surface area contributed by atoms with Gasteiger partial charge in [-0.25, -0.2) is 9.67 Å². The smallest absolute Gasteiger partial charge is 0.153 e. The summed E-state index contributed by atoms with van der Waals surface area (Å²) in [6, 6.07) is 4.07. The van der Waals surface area contributed by atoms with Gasteiger partial charge in [-0.1, -0.05) is 6.92 Å². The van der Waals surface area contributed by atoms with E-state index in [1.807, 2.05) is 24.0 Å². The van der Waals surface area contributed by atoms with Crippen LogP contribution in [-0.4, -0.2) is 28.4 Å². The van der Waals surface area contributed by atoms with Crippen LogP contribution in [0.3, 0.4) is 0 Å². The minimum Gasteiger partial charge on any atom is -0.319 e. The quantitative estimate of drug-likeness (QED) is 0.909. The van der Waals surface area contributed by atoms with Gasteiger partial charge in [0.2, 0.25) is 0 Å². The Morgan fingerprint density at radius 3 is 2.70 bits per heavy atom. The van der Waals surface area contributed by atoms with Crippen LogP contribution in [0.4, 0.5) is 0 Å². The summed E-state index contributed by atoms with van der Waals surface area (Å²) >= 11 is 0. The van der Waals surface area contributed by atoms with Crippen LogP contribution in [0, 0.1) is 26.7 Å². The highest BCUT2D eigenvalue weighted by Crippen LogP contribution is 2.20. The number of nitrogens with one attached hydrogen (secondary N) is 1. The van der Waals surface area contributed by atoms with Gasteiger partial charge in [0.1, 0.15) is 0 Å². The molecule has 2 aromatic heterocycles. The fourth-order valence-corrected chi connectivity index (χ4v) is 2.60. The summed E-state index contributed by atoms with van der Waals surface area (Å²) < 4.78 is 1.96. The summed E-state index contributed by atoms with van der Waals surface area (Å²) in [6.45, 7) is 9.57. The van der Waals surface area contributed by atoms with Gasteiger partial charge in [0.15, 0.2) is 5.82 Å². The Morgan fingerprint density at radius 1 is 1.30 bits per heavy atom. The number of nitrogens with zero attached hydrogens (tertiary/aromatic N) is 3. The zero-order chi connectivity index (χ0) is 14.7. The molecule has 1 N–H and O–H groups in total. The van der Waals surface area contributed by atoms with Gasteiger partial charge in [0, 0.05) is 11.9 Å². The summed E-state index contributed by atoms with van der Waals surface area (Å²) in [5.41, 5.74) is 4.85. The predicted octanol–water partition coefficient (Wildman–Crippen LogP) is 2.59. The van der Waals surface area contributed by atoms with Gasteiger partial charge in [0.25, 0.3) is 0 Å². The zero-order valence-electron chi connectivity index (χ0n) is 13.1. The van der Waals surface area contributed by atoms with Crippen molar-refractivity contribution in [2.45, 2.75) is 34.1 Å². The van der Waals surface area contributed by atoms with Crippen molar-refractivity contribution >= 4 is 0 Å². The number of hydrogen-bond donors (Lipinski definition) is 1. The Bertz CT molecular complexity index is 586. The Labute approximate surface area is 121 Å². The first-order valence-electron chi connectivity index (χ1n) is 7.15. The van der Waals surface area contributed by atoms with Crippen molar-refractivity contribution < 1.29 is 0 Å². The minimum absolute atomic E-state index is 0.598. The first kappa shape index (κ1) is 14.7. The van der Waals surface area contributed by atoms with E-state index in [0.29, 0.717) is 5.92 Å². The van der Waals surface area contributed by atoms with Crippen molar-refractivity contribution in [2.24, 2.45) is 5.92 Å². The van der Waals surface area contributed by atoms with Crippen LogP contribution in [-0.2, 0) is 6.42 Å². The lowest BCUT2D eigenvalue weighted by atomic mass is 10.00.